The van der Waals surface area contributed by atoms with E-state index in [2.05, 4.69) is 0 Å². The number of rotatable bonds is 3. The molecule has 2 atom stereocenters. The number of carbonyl (C=O) groups excluding carboxylic acids is 1. The second kappa shape index (κ2) is 4.45. The summed E-state index contributed by atoms with van der Waals surface area (Å²) in [6.45, 7) is 0.428. The Morgan fingerprint density at radius 2 is 2.07 bits per heavy atom. The number of ether oxygens (including phenoxy) is 1. The maximum absolute atomic E-state index is 11.5. The Kier molecular flexibility index (Phi) is 3.02. The third kappa shape index (κ3) is 2.36. The monoisotopic (exact) mass is 205 g/mol. The molecule has 0 aliphatic carbocycles. The highest BCUT2D eigenvalue weighted by Crippen LogP contribution is 2.24. The van der Waals surface area contributed by atoms with Gasteiger partial charge in [0.15, 0.2) is 0 Å². The number of nitrogens with two attached hydrogens (primary N) is 1. The molecule has 1 aliphatic rings. The summed E-state index contributed by atoms with van der Waals surface area (Å²) in [7, 11) is 0. The number of hydrogen-bond donors (Lipinski definition) is 1. The van der Waals surface area contributed by atoms with Crippen molar-refractivity contribution in [3.05, 3.63) is 35.9 Å². The quantitative estimate of drug-likeness (QED) is 0.752. The van der Waals surface area contributed by atoms with Crippen molar-refractivity contribution >= 4 is 5.97 Å². The minimum Gasteiger partial charge on any atom is -0.461 e. The molecule has 1 heterocycles. The molecule has 2 unspecified atom stereocenters. The Morgan fingerprint density at radius 3 is 2.67 bits per heavy atom. The number of carbonyl (C=O) groups is 1. The van der Waals surface area contributed by atoms with Crippen LogP contribution in [-0.4, -0.2) is 18.6 Å². The van der Waals surface area contributed by atoms with Gasteiger partial charge in [0, 0.05) is 6.54 Å². The zero-order valence-corrected chi connectivity index (χ0v) is 8.56. The first-order valence-corrected chi connectivity index (χ1v) is 5.24. The SMILES string of the molecule is NCC1CC(Cc2ccccc2)C(=O)O1. The van der Waals surface area contributed by atoms with E-state index in [1.54, 1.807) is 0 Å². The van der Waals surface area contributed by atoms with Gasteiger partial charge in [-0.15, -0.1) is 0 Å². The summed E-state index contributed by atoms with van der Waals surface area (Å²) < 4.78 is 5.13. The number of esters is 1. The van der Waals surface area contributed by atoms with E-state index in [4.69, 9.17) is 10.5 Å². The lowest BCUT2D eigenvalue weighted by atomic mass is 9.96. The van der Waals surface area contributed by atoms with Crippen molar-refractivity contribution in [2.24, 2.45) is 11.7 Å². The largest absolute Gasteiger partial charge is 0.461 e. The van der Waals surface area contributed by atoms with Gasteiger partial charge in [0.25, 0.3) is 0 Å². The van der Waals surface area contributed by atoms with Crippen LogP contribution in [0, 0.1) is 5.92 Å². The lowest BCUT2D eigenvalue weighted by molar-refractivity contribution is -0.144. The molecule has 1 aromatic rings. The fraction of sp³-hybridized carbons (Fsp3) is 0.417. The van der Waals surface area contributed by atoms with Crippen LogP contribution in [0.5, 0.6) is 0 Å². The highest BCUT2D eigenvalue weighted by Gasteiger charge is 2.33. The molecule has 15 heavy (non-hydrogen) atoms. The molecule has 0 amide bonds. The molecule has 1 fully saturated rings. The van der Waals surface area contributed by atoms with Crippen LogP contribution in [0.2, 0.25) is 0 Å². The predicted octanol–water partition coefficient (Wildman–Crippen LogP) is 1.12. The highest BCUT2D eigenvalue weighted by atomic mass is 16.6. The lowest BCUT2D eigenvalue weighted by Crippen LogP contribution is -2.19. The maximum Gasteiger partial charge on any atom is 0.309 e. The molecular formula is C12H15NO2. The van der Waals surface area contributed by atoms with Crippen LogP contribution >= 0.6 is 0 Å². The average Bonchev–Trinajstić information content (AvgIpc) is 2.61. The van der Waals surface area contributed by atoms with Gasteiger partial charge < -0.3 is 10.5 Å². The van der Waals surface area contributed by atoms with Crippen LogP contribution < -0.4 is 5.73 Å². The summed E-state index contributed by atoms with van der Waals surface area (Å²) in [5.74, 6) is -0.116. The third-order valence-electron chi connectivity index (χ3n) is 2.75. The zero-order chi connectivity index (χ0) is 10.7. The smallest absolute Gasteiger partial charge is 0.309 e. The Balaban J connectivity index is 1.99. The number of hydrogen-bond acceptors (Lipinski definition) is 3. The van der Waals surface area contributed by atoms with E-state index in [0.717, 1.165) is 12.8 Å². The Morgan fingerprint density at radius 1 is 1.33 bits per heavy atom. The minimum atomic E-state index is -0.102. The van der Waals surface area contributed by atoms with E-state index in [1.165, 1.54) is 5.56 Å². The summed E-state index contributed by atoms with van der Waals surface area (Å²) in [6, 6.07) is 10.00. The molecule has 1 aromatic carbocycles. The van der Waals surface area contributed by atoms with Gasteiger partial charge >= 0.3 is 5.97 Å². The van der Waals surface area contributed by atoms with Crippen molar-refractivity contribution in [1.29, 1.82) is 0 Å². The Hall–Kier alpha value is -1.35. The number of cyclic esters (lactones) is 1. The van der Waals surface area contributed by atoms with Gasteiger partial charge in [0.1, 0.15) is 6.10 Å². The summed E-state index contributed by atoms with van der Waals surface area (Å²) in [6.07, 6.45) is 1.44. The molecule has 3 nitrogen and oxygen atoms in total. The Labute approximate surface area is 89.2 Å². The molecule has 3 heteroatoms. The first-order chi connectivity index (χ1) is 7.29. The fourth-order valence-corrected chi connectivity index (χ4v) is 1.93. The van der Waals surface area contributed by atoms with Gasteiger partial charge in [-0.05, 0) is 18.4 Å². The van der Waals surface area contributed by atoms with Crippen LogP contribution in [-0.2, 0) is 16.0 Å². The van der Waals surface area contributed by atoms with Crippen molar-refractivity contribution in [1.82, 2.24) is 0 Å². The molecule has 2 N–H and O–H groups in total. The Bertz CT molecular complexity index is 337. The minimum absolute atomic E-state index is 0.0130. The van der Waals surface area contributed by atoms with Crippen molar-refractivity contribution in [3.8, 4) is 0 Å². The molecule has 1 aliphatic heterocycles. The second-order valence-electron chi connectivity index (χ2n) is 3.92. The van der Waals surface area contributed by atoms with Gasteiger partial charge in [-0.2, -0.15) is 0 Å². The average molecular weight is 205 g/mol. The molecule has 0 aromatic heterocycles. The third-order valence-corrected chi connectivity index (χ3v) is 2.75. The van der Waals surface area contributed by atoms with E-state index in [-0.39, 0.29) is 18.0 Å². The predicted molar refractivity (Wildman–Crippen MR) is 57.2 cm³/mol. The van der Waals surface area contributed by atoms with Crippen LogP contribution in [0.15, 0.2) is 30.3 Å². The van der Waals surface area contributed by atoms with Crippen molar-refractivity contribution in [2.45, 2.75) is 18.9 Å². The van der Waals surface area contributed by atoms with Gasteiger partial charge in [-0.25, -0.2) is 0 Å². The summed E-state index contributed by atoms with van der Waals surface area (Å²) in [4.78, 5) is 11.5. The van der Waals surface area contributed by atoms with Crippen LogP contribution in [0.3, 0.4) is 0 Å². The van der Waals surface area contributed by atoms with Crippen molar-refractivity contribution in [2.75, 3.05) is 6.54 Å². The zero-order valence-electron chi connectivity index (χ0n) is 8.56. The topological polar surface area (TPSA) is 52.3 Å². The maximum atomic E-state index is 11.5. The molecule has 0 radical (unpaired) electrons. The van der Waals surface area contributed by atoms with Crippen LogP contribution in [0.4, 0.5) is 0 Å². The normalized spacial score (nSPS) is 25.3. The standard InChI is InChI=1S/C12H15NO2/c13-8-11-7-10(12(14)15-11)6-9-4-2-1-3-5-9/h1-5,10-11H,6-8,13H2. The van der Waals surface area contributed by atoms with E-state index in [9.17, 15) is 4.79 Å². The molecule has 0 saturated carbocycles. The first kappa shape index (κ1) is 10.2. The molecule has 2 rings (SSSR count). The van der Waals surface area contributed by atoms with Gasteiger partial charge in [-0.1, -0.05) is 30.3 Å². The second-order valence-corrected chi connectivity index (χ2v) is 3.92. The first-order valence-electron chi connectivity index (χ1n) is 5.24. The van der Waals surface area contributed by atoms with Gasteiger partial charge in [0.2, 0.25) is 0 Å². The highest BCUT2D eigenvalue weighted by molar-refractivity contribution is 5.75. The van der Waals surface area contributed by atoms with E-state index < -0.39 is 0 Å². The van der Waals surface area contributed by atoms with Gasteiger partial charge in [-0.3, -0.25) is 4.79 Å². The van der Waals surface area contributed by atoms with Crippen molar-refractivity contribution < 1.29 is 9.53 Å². The molecule has 1 saturated heterocycles. The van der Waals surface area contributed by atoms with Crippen LogP contribution in [0.1, 0.15) is 12.0 Å². The van der Waals surface area contributed by atoms with Crippen molar-refractivity contribution in [3.63, 3.8) is 0 Å². The summed E-state index contributed by atoms with van der Waals surface area (Å²) in [5, 5.41) is 0. The summed E-state index contributed by atoms with van der Waals surface area (Å²) >= 11 is 0. The molecular weight excluding hydrogens is 190 g/mol. The fourth-order valence-electron chi connectivity index (χ4n) is 1.93. The van der Waals surface area contributed by atoms with Gasteiger partial charge in [0.05, 0.1) is 5.92 Å². The molecule has 0 spiro atoms. The van der Waals surface area contributed by atoms with E-state index >= 15 is 0 Å². The van der Waals surface area contributed by atoms with E-state index in [1.807, 2.05) is 30.3 Å². The molecule has 0 bridgehead atoms. The summed E-state index contributed by atoms with van der Waals surface area (Å²) in [5.41, 5.74) is 6.65. The van der Waals surface area contributed by atoms with Crippen LogP contribution in [0.25, 0.3) is 0 Å². The lowest BCUT2D eigenvalue weighted by Gasteiger charge is -2.04. The number of benzene rings is 1. The molecule has 80 valence electrons. The van der Waals surface area contributed by atoms with E-state index in [0.29, 0.717) is 6.54 Å².